The number of nitrogens with zero attached hydrogens (tertiary/aromatic N) is 2. The van der Waals surface area contributed by atoms with Crippen LogP contribution >= 0.6 is 23.4 Å². The topological polar surface area (TPSA) is 46.9 Å². The molecule has 1 aromatic carbocycles. The van der Waals surface area contributed by atoms with Gasteiger partial charge in [-0.1, -0.05) is 23.7 Å². The molecule has 0 saturated carbocycles. The van der Waals surface area contributed by atoms with Gasteiger partial charge in [-0.2, -0.15) is 5.10 Å². The number of carbonyl (C=O) groups excluding carboxylic acids is 1. The van der Waals surface area contributed by atoms with Gasteiger partial charge in [-0.05, 0) is 38.5 Å². The van der Waals surface area contributed by atoms with Gasteiger partial charge in [-0.3, -0.25) is 9.48 Å². The van der Waals surface area contributed by atoms with Gasteiger partial charge in [-0.15, -0.1) is 11.8 Å². The first-order chi connectivity index (χ1) is 10.3. The second-order valence-corrected chi connectivity index (χ2v) is 8.15. The molecular formula is C16H18ClN3OS. The molecule has 0 spiro atoms. The Balaban J connectivity index is 2.19. The maximum Gasteiger partial charge on any atom is 0.241 e. The fourth-order valence-electron chi connectivity index (χ4n) is 2.67. The van der Waals surface area contributed by atoms with Crippen LogP contribution in [0.2, 0.25) is 5.02 Å². The molecule has 1 aliphatic rings. The van der Waals surface area contributed by atoms with Crippen LogP contribution in [0.1, 0.15) is 35.9 Å². The summed E-state index contributed by atoms with van der Waals surface area (Å²) in [6, 6.07) is 7.80. The fraction of sp³-hybridized carbons (Fsp3) is 0.375. The molecule has 3 rings (SSSR count). The molecule has 1 aromatic heterocycles. The number of halogens is 1. The van der Waals surface area contributed by atoms with E-state index in [0.717, 1.165) is 22.6 Å². The molecule has 2 heterocycles. The summed E-state index contributed by atoms with van der Waals surface area (Å²) in [5, 5.41) is 8.24. The Morgan fingerprint density at radius 1 is 1.32 bits per heavy atom. The summed E-state index contributed by atoms with van der Waals surface area (Å²) in [6.45, 7) is 5.88. The van der Waals surface area contributed by atoms with Crippen molar-refractivity contribution in [3.63, 3.8) is 0 Å². The van der Waals surface area contributed by atoms with Crippen LogP contribution in [0.3, 0.4) is 0 Å². The average Bonchev–Trinajstić information content (AvgIpc) is 2.65. The van der Waals surface area contributed by atoms with Crippen molar-refractivity contribution in [2.45, 2.75) is 30.8 Å². The van der Waals surface area contributed by atoms with Crippen molar-refractivity contribution in [3.05, 3.63) is 46.1 Å². The molecule has 1 N–H and O–H groups in total. The lowest BCUT2D eigenvalue weighted by Gasteiger charge is -2.25. The van der Waals surface area contributed by atoms with Gasteiger partial charge >= 0.3 is 0 Å². The number of rotatable bonds is 1. The lowest BCUT2D eigenvalue weighted by atomic mass is 10.0. The Morgan fingerprint density at radius 3 is 2.59 bits per heavy atom. The summed E-state index contributed by atoms with van der Waals surface area (Å²) in [4.78, 5) is 12.5. The number of fused-ring (bicyclic) bond motifs is 1. The number of benzene rings is 1. The molecule has 1 unspecified atom stereocenters. The predicted octanol–water partition coefficient (Wildman–Crippen LogP) is 3.94. The predicted molar refractivity (Wildman–Crippen MR) is 91.5 cm³/mol. The van der Waals surface area contributed by atoms with Crippen molar-refractivity contribution in [1.29, 1.82) is 0 Å². The summed E-state index contributed by atoms with van der Waals surface area (Å²) < 4.78 is 1.21. The van der Waals surface area contributed by atoms with E-state index in [2.05, 4.69) is 10.4 Å². The van der Waals surface area contributed by atoms with Gasteiger partial charge in [0.2, 0.25) is 5.91 Å². The molecule has 22 heavy (non-hydrogen) atoms. The molecule has 0 aliphatic carbocycles. The second kappa shape index (κ2) is 5.32. The first-order valence-corrected chi connectivity index (χ1v) is 8.33. The Labute approximate surface area is 139 Å². The van der Waals surface area contributed by atoms with Crippen molar-refractivity contribution in [2.75, 3.05) is 5.32 Å². The molecule has 116 valence electrons. The fourth-order valence-corrected chi connectivity index (χ4v) is 4.24. The van der Waals surface area contributed by atoms with E-state index in [0.29, 0.717) is 5.02 Å². The summed E-state index contributed by atoms with van der Waals surface area (Å²) in [6.07, 6.45) is 0. The van der Waals surface area contributed by atoms with Gasteiger partial charge in [0.1, 0.15) is 5.82 Å². The Kier molecular flexibility index (Phi) is 3.73. The highest BCUT2D eigenvalue weighted by Gasteiger charge is 2.39. The van der Waals surface area contributed by atoms with E-state index in [1.54, 1.807) is 16.4 Å². The van der Waals surface area contributed by atoms with E-state index in [4.69, 9.17) is 11.6 Å². The highest BCUT2D eigenvalue weighted by Crippen LogP contribution is 2.49. The zero-order valence-electron chi connectivity index (χ0n) is 13.0. The van der Waals surface area contributed by atoms with E-state index in [1.165, 1.54) is 0 Å². The van der Waals surface area contributed by atoms with Crippen LogP contribution in [-0.2, 0) is 11.8 Å². The van der Waals surface area contributed by atoms with Gasteiger partial charge in [0.25, 0.3) is 0 Å². The monoisotopic (exact) mass is 335 g/mol. The third-order valence-corrected chi connectivity index (χ3v) is 5.66. The first-order valence-electron chi connectivity index (χ1n) is 7.08. The lowest BCUT2D eigenvalue weighted by molar-refractivity contribution is -0.117. The molecule has 4 nitrogen and oxygen atoms in total. The van der Waals surface area contributed by atoms with E-state index in [9.17, 15) is 4.79 Å². The van der Waals surface area contributed by atoms with E-state index >= 15 is 0 Å². The first kappa shape index (κ1) is 15.4. The van der Waals surface area contributed by atoms with E-state index < -0.39 is 4.75 Å². The van der Waals surface area contributed by atoms with Gasteiger partial charge < -0.3 is 5.32 Å². The number of nitrogens with one attached hydrogen (secondary N) is 1. The molecule has 0 fully saturated rings. The zero-order chi connectivity index (χ0) is 16.1. The number of hydrogen-bond donors (Lipinski definition) is 1. The smallest absolute Gasteiger partial charge is 0.241 e. The average molecular weight is 336 g/mol. The van der Waals surface area contributed by atoms with Crippen LogP contribution in [-0.4, -0.2) is 20.4 Å². The molecule has 1 atom stereocenters. The lowest BCUT2D eigenvalue weighted by Crippen LogP contribution is -2.33. The van der Waals surface area contributed by atoms with E-state index in [-0.39, 0.29) is 11.2 Å². The van der Waals surface area contributed by atoms with Crippen molar-refractivity contribution >= 4 is 35.1 Å². The number of thioether (sulfide) groups is 1. The van der Waals surface area contributed by atoms with Gasteiger partial charge in [0.15, 0.2) is 0 Å². The highest BCUT2D eigenvalue weighted by molar-refractivity contribution is 8.01. The van der Waals surface area contributed by atoms with Crippen LogP contribution in [0.4, 0.5) is 5.82 Å². The number of amides is 1. The van der Waals surface area contributed by atoms with Gasteiger partial charge in [0, 0.05) is 17.6 Å². The van der Waals surface area contributed by atoms with Crippen molar-refractivity contribution in [3.8, 4) is 0 Å². The van der Waals surface area contributed by atoms with Crippen LogP contribution in [0.5, 0.6) is 0 Å². The molecule has 0 radical (unpaired) electrons. The van der Waals surface area contributed by atoms with Crippen molar-refractivity contribution < 1.29 is 4.79 Å². The van der Waals surface area contributed by atoms with Crippen LogP contribution < -0.4 is 5.32 Å². The maximum atomic E-state index is 12.5. The van der Waals surface area contributed by atoms with Gasteiger partial charge in [0.05, 0.1) is 15.7 Å². The Hall–Kier alpha value is -1.46. The number of carbonyl (C=O) groups is 1. The summed E-state index contributed by atoms with van der Waals surface area (Å²) in [5.74, 6) is 0.777. The molecule has 1 aliphatic heterocycles. The standard InChI is InChI=1S/C16H18ClN3OS/c1-9-12-13(10-5-7-11(17)8-6-10)22-16(2,3)15(21)18-14(12)20(4)19-9/h5-8,13H,1-4H3,(H,18,21). The zero-order valence-corrected chi connectivity index (χ0v) is 14.5. The minimum Gasteiger partial charge on any atom is -0.309 e. The van der Waals surface area contributed by atoms with Crippen LogP contribution in [0, 0.1) is 6.92 Å². The number of aromatic nitrogens is 2. The second-order valence-electron chi connectivity index (χ2n) is 5.99. The quantitative estimate of drug-likeness (QED) is 0.858. The van der Waals surface area contributed by atoms with E-state index in [1.807, 2.05) is 52.1 Å². The summed E-state index contributed by atoms with van der Waals surface area (Å²) in [5.41, 5.74) is 3.12. The molecular weight excluding hydrogens is 318 g/mol. The maximum absolute atomic E-state index is 12.5. The van der Waals surface area contributed by atoms with Crippen molar-refractivity contribution in [1.82, 2.24) is 9.78 Å². The molecule has 0 bridgehead atoms. The molecule has 2 aromatic rings. The van der Waals surface area contributed by atoms with Crippen LogP contribution in [0.15, 0.2) is 24.3 Å². The third kappa shape index (κ3) is 2.52. The summed E-state index contributed by atoms with van der Waals surface area (Å²) in [7, 11) is 1.86. The number of aryl methyl sites for hydroxylation is 2. The minimum atomic E-state index is -0.532. The molecule has 1 amide bonds. The Bertz CT molecular complexity index is 737. The van der Waals surface area contributed by atoms with Gasteiger partial charge in [-0.25, -0.2) is 0 Å². The third-order valence-electron chi connectivity index (χ3n) is 3.89. The van der Waals surface area contributed by atoms with Crippen molar-refractivity contribution in [2.24, 2.45) is 7.05 Å². The normalized spacial score (nSPS) is 20.2. The summed E-state index contributed by atoms with van der Waals surface area (Å²) >= 11 is 7.65. The molecule has 0 saturated heterocycles. The Morgan fingerprint density at radius 2 is 1.95 bits per heavy atom. The largest absolute Gasteiger partial charge is 0.309 e. The highest BCUT2D eigenvalue weighted by atomic mass is 35.5. The number of hydrogen-bond acceptors (Lipinski definition) is 3. The van der Waals surface area contributed by atoms with Crippen LogP contribution in [0.25, 0.3) is 0 Å². The minimum absolute atomic E-state index is 0.00165. The number of anilines is 1. The molecule has 6 heteroatoms. The SMILES string of the molecule is Cc1nn(C)c2c1C(c1ccc(Cl)cc1)SC(C)(C)C(=O)N2.